The van der Waals surface area contributed by atoms with Gasteiger partial charge in [-0.2, -0.15) is 0 Å². The van der Waals surface area contributed by atoms with Crippen molar-refractivity contribution in [1.82, 2.24) is 0 Å². The van der Waals surface area contributed by atoms with Crippen molar-refractivity contribution in [3.63, 3.8) is 0 Å². The zero-order chi connectivity index (χ0) is 15.7. The first kappa shape index (κ1) is 17.3. The van der Waals surface area contributed by atoms with Crippen LogP contribution in [0.25, 0.3) is 0 Å². The molecular weight excluding hydrogens is 270 g/mol. The number of benzene rings is 1. The van der Waals surface area contributed by atoms with Crippen molar-refractivity contribution >= 4 is 5.97 Å². The third kappa shape index (κ3) is 5.63. The minimum absolute atomic E-state index is 0.399. The SMILES string of the molecule is CCCOc1ccc(OCCCC(N)(CC)C(=O)O)cc1. The van der Waals surface area contributed by atoms with E-state index in [0.717, 1.165) is 17.9 Å². The Morgan fingerprint density at radius 3 is 2.10 bits per heavy atom. The molecule has 5 nitrogen and oxygen atoms in total. The summed E-state index contributed by atoms with van der Waals surface area (Å²) in [5, 5.41) is 9.07. The van der Waals surface area contributed by atoms with Gasteiger partial charge in [0.15, 0.2) is 0 Å². The van der Waals surface area contributed by atoms with Crippen LogP contribution in [-0.2, 0) is 4.79 Å². The fourth-order valence-corrected chi connectivity index (χ4v) is 1.86. The highest BCUT2D eigenvalue weighted by Crippen LogP contribution is 2.19. The van der Waals surface area contributed by atoms with Gasteiger partial charge in [-0.3, -0.25) is 4.79 Å². The number of hydrogen-bond donors (Lipinski definition) is 2. The molecule has 1 atom stereocenters. The first-order chi connectivity index (χ1) is 10.0. The van der Waals surface area contributed by atoms with Gasteiger partial charge in [0.25, 0.3) is 0 Å². The van der Waals surface area contributed by atoms with E-state index in [0.29, 0.717) is 32.5 Å². The van der Waals surface area contributed by atoms with Crippen LogP contribution < -0.4 is 15.2 Å². The molecule has 0 spiro atoms. The second kappa shape index (κ2) is 8.52. The van der Waals surface area contributed by atoms with E-state index in [4.69, 9.17) is 20.3 Å². The molecule has 1 aromatic rings. The van der Waals surface area contributed by atoms with Crippen molar-refractivity contribution in [3.8, 4) is 11.5 Å². The Morgan fingerprint density at radius 1 is 1.14 bits per heavy atom. The number of carboxylic acids is 1. The Labute approximate surface area is 126 Å². The van der Waals surface area contributed by atoms with E-state index in [1.807, 2.05) is 24.3 Å². The Bertz CT molecular complexity index is 432. The molecule has 0 aromatic heterocycles. The highest BCUT2D eigenvalue weighted by molar-refractivity contribution is 5.78. The zero-order valence-corrected chi connectivity index (χ0v) is 12.8. The lowest BCUT2D eigenvalue weighted by atomic mass is 9.92. The molecule has 0 bridgehead atoms. The number of carbonyl (C=O) groups is 1. The Balaban J connectivity index is 2.34. The summed E-state index contributed by atoms with van der Waals surface area (Å²) in [7, 11) is 0. The quantitative estimate of drug-likeness (QED) is 0.649. The molecule has 0 saturated heterocycles. The fourth-order valence-electron chi connectivity index (χ4n) is 1.86. The van der Waals surface area contributed by atoms with Gasteiger partial charge in [-0.05, 0) is 49.9 Å². The number of nitrogens with two attached hydrogens (primary N) is 1. The molecule has 1 rings (SSSR count). The summed E-state index contributed by atoms with van der Waals surface area (Å²) in [6.07, 6.45) is 2.38. The molecule has 0 heterocycles. The summed E-state index contributed by atoms with van der Waals surface area (Å²) in [6, 6.07) is 7.42. The van der Waals surface area contributed by atoms with E-state index in [1.54, 1.807) is 6.92 Å². The molecular formula is C16H25NO4. The maximum Gasteiger partial charge on any atom is 0.323 e. The molecule has 1 aromatic carbocycles. The zero-order valence-electron chi connectivity index (χ0n) is 12.8. The Morgan fingerprint density at radius 2 is 1.67 bits per heavy atom. The van der Waals surface area contributed by atoms with Gasteiger partial charge in [0.1, 0.15) is 17.0 Å². The van der Waals surface area contributed by atoms with Gasteiger partial charge in [0.2, 0.25) is 0 Å². The van der Waals surface area contributed by atoms with E-state index in [-0.39, 0.29) is 0 Å². The van der Waals surface area contributed by atoms with Crippen LogP contribution in [0.1, 0.15) is 39.5 Å². The number of carboxylic acid groups (broad SMARTS) is 1. The summed E-state index contributed by atoms with van der Waals surface area (Å²) in [5.41, 5.74) is 4.66. The molecule has 0 aliphatic rings. The monoisotopic (exact) mass is 295 g/mol. The van der Waals surface area contributed by atoms with Crippen molar-refractivity contribution < 1.29 is 19.4 Å². The van der Waals surface area contributed by atoms with Gasteiger partial charge in [0, 0.05) is 0 Å². The number of hydrogen-bond acceptors (Lipinski definition) is 4. The van der Waals surface area contributed by atoms with Crippen LogP contribution in [-0.4, -0.2) is 29.8 Å². The molecule has 0 saturated carbocycles. The molecule has 118 valence electrons. The summed E-state index contributed by atoms with van der Waals surface area (Å²) < 4.78 is 11.1. The Hall–Kier alpha value is -1.75. The van der Waals surface area contributed by atoms with Gasteiger partial charge >= 0.3 is 5.97 Å². The molecule has 0 amide bonds. The van der Waals surface area contributed by atoms with Crippen LogP contribution in [0.3, 0.4) is 0 Å². The maximum atomic E-state index is 11.1. The summed E-state index contributed by atoms with van der Waals surface area (Å²) >= 11 is 0. The number of ether oxygens (including phenoxy) is 2. The first-order valence-corrected chi connectivity index (χ1v) is 7.39. The van der Waals surface area contributed by atoms with Gasteiger partial charge in [0.05, 0.1) is 13.2 Å². The minimum Gasteiger partial charge on any atom is -0.494 e. The second-order valence-corrected chi connectivity index (χ2v) is 5.09. The van der Waals surface area contributed by atoms with Gasteiger partial charge in [-0.25, -0.2) is 0 Å². The number of aliphatic carboxylic acids is 1. The van der Waals surface area contributed by atoms with Gasteiger partial charge in [-0.1, -0.05) is 13.8 Å². The molecule has 0 aliphatic heterocycles. The number of rotatable bonds is 10. The molecule has 3 N–H and O–H groups in total. The lowest BCUT2D eigenvalue weighted by Crippen LogP contribution is -2.47. The average Bonchev–Trinajstić information content (AvgIpc) is 2.50. The highest BCUT2D eigenvalue weighted by atomic mass is 16.5. The van der Waals surface area contributed by atoms with E-state index in [2.05, 4.69) is 6.92 Å². The third-order valence-corrected chi connectivity index (χ3v) is 3.39. The lowest BCUT2D eigenvalue weighted by Gasteiger charge is -2.22. The highest BCUT2D eigenvalue weighted by Gasteiger charge is 2.30. The van der Waals surface area contributed by atoms with Gasteiger partial charge < -0.3 is 20.3 Å². The predicted molar refractivity (Wildman–Crippen MR) is 81.8 cm³/mol. The molecule has 0 fully saturated rings. The lowest BCUT2D eigenvalue weighted by molar-refractivity contribution is -0.143. The molecule has 21 heavy (non-hydrogen) atoms. The second-order valence-electron chi connectivity index (χ2n) is 5.09. The van der Waals surface area contributed by atoms with Crippen molar-refractivity contribution in [3.05, 3.63) is 24.3 Å². The summed E-state index contributed by atoms with van der Waals surface area (Å²) in [4.78, 5) is 11.1. The van der Waals surface area contributed by atoms with Crippen LogP contribution in [0.5, 0.6) is 11.5 Å². The van der Waals surface area contributed by atoms with Crippen LogP contribution >= 0.6 is 0 Å². The Kier molecular flexibility index (Phi) is 7.02. The topological polar surface area (TPSA) is 81.8 Å². The standard InChI is InChI=1S/C16H25NO4/c1-3-11-20-13-6-8-14(9-7-13)21-12-5-10-16(17,4-2)15(18)19/h6-9H,3-5,10-12,17H2,1-2H3,(H,18,19). The smallest absolute Gasteiger partial charge is 0.323 e. The third-order valence-electron chi connectivity index (χ3n) is 3.39. The molecule has 5 heteroatoms. The average molecular weight is 295 g/mol. The molecule has 1 unspecified atom stereocenters. The van der Waals surface area contributed by atoms with Crippen molar-refractivity contribution in [2.45, 2.75) is 45.1 Å². The van der Waals surface area contributed by atoms with Crippen LogP contribution in [0, 0.1) is 0 Å². The van der Waals surface area contributed by atoms with Crippen molar-refractivity contribution in [2.24, 2.45) is 5.73 Å². The van der Waals surface area contributed by atoms with E-state index >= 15 is 0 Å². The van der Waals surface area contributed by atoms with Crippen molar-refractivity contribution in [1.29, 1.82) is 0 Å². The largest absolute Gasteiger partial charge is 0.494 e. The maximum absolute atomic E-state index is 11.1. The van der Waals surface area contributed by atoms with E-state index < -0.39 is 11.5 Å². The van der Waals surface area contributed by atoms with Crippen LogP contribution in [0.4, 0.5) is 0 Å². The van der Waals surface area contributed by atoms with E-state index in [9.17, 15) is 4.79 Å². The van der Waals surface area contributed by atoms with E-state index in [1.165, 1.54) is 0 Å². The van der Waals surface area contributed by atoms with Crippen molar-refractivity contribution in [2.75, 3.05) is 13.2 Å². The predicted octanol–water partition coefficient (Wildman–Crippen LogP) is 2.83. The minimum atomic E-state index is -1.15. The molecule has 0 radical (unpaired) electrons. The fraction of sp³-hybridized carbons (Fsp3) is 0.562. The van der Waals surface area contributed by atoms with Crippen LogP contribution in [0.15, 0.2) is 24.3 Å². The first-order valence-electron chi connectivity index (χ1n) is 7.39. The summed E-state index contributed by atoms with van der Waals surface area (Å²) in [6.45, 7) is 4.98. The molecule has 0 aliphatic carbocycles. The normalized spacial score (nSPS) is 13.5. The van der Waals surface area contributed by atoms with Crippen LogP contribution in [0.2, 0.25) is 0 Å². The van der Waals surface area contributed by atoms with Gasteiger partial charge in [-0.15, -0.1) is 0 Å². The summed E-state index contributed by atoms with van der Waals surface area (Å²) in [5.74, 6) is 0.609.